The summed E-state index contributed by atoms with van der Waals surface area (Å²) >= 11 is 0. The van der Waals surface area contributed by atoms with Crippen LogP contribution in [0.4, 0.5) is 0 Å². The lowest BCUT2D eigenvalue weighted by molar-refractivity contribution is 0.167. The smallest absolute Gasteiger partial charge is 0.154 e. The van der Waals surface area contributed by atoms with Gasteiger partial charge in [0.25, 0.3) is 0 Å². The minimum Gasteiger partial charge on any atom is -0.497 e. The lowest BCUT2D eigenvalue weighted by Crippen LogP contribution is -2.40. The Labute approximate surface area is 124 Å². The molecule has 0 aromatic heterocycles. The molecule has 0 saturated carbocycles. The van der Waals surface area contributed by atoms with Crippen molar-refractivity contribution in [1.29, 1.82) is 0 Å². The topological polar surface area (TPSA) is 88.0 Å². The summed E-state index contributed by atoms with van der Waals surface area (Å²) in [6.07, 6.45) is 0.934. The Morgan fingerprint density at radius 3 is 2.67 bits per heavy atom. The number of hydrogen-bond acceptors (Lipinski definition) is 6. The van der Waals surface area contributed by atoms with Gasteiger partial charge in [-0.1, -0.05) is 0 Å². The first-order valence-electron chi connectivity index (χ1n) is 6.76. The van der Waals surface area contributed by atoms with Gasteiger partial charge in [0.2, 0.25) is 0 Å². The molecular formula is C14H20N2O4S. The number of ether oxygens (including phenoxy) is 1. The number of aliphatic hydroxyl groups excluding tert-OH is 1. The minimum atomic E-state index is -3.10. The molecule has 21 heavy (non-hydrogen) atoms. The summed E-state index contributed by atoms with van der Waals surface area (Å²) in [5.41, 5.74) is 0.972. The summed E-state index contributed by atoms with van der Waals surface area (Å²) in [5.74, 6) is 0.640. The average Bonchev–Trinajstić information content (AvgIpc) is 2.72. The predicted molar refractivity (Wildman–Crippen MR) is 81.9 cm³/mol. The molecule has 116 valence electrons. The van der Waals surface area contributed by atoms with Gasteiger partial charge in [-0.15, -0.1) is 0 Å². The van der Waals surface area contributed by atoms with Crippen LogP contribution in [0.25, 0.3) is 0 Å². The van der Waals surface area contributed by atoms with Gasteiger partial charge in [0.15, 0.2) is 9.84 Å². The third-order valence-corrected chi connectivity index (χ3v) is 5.04. The van der Waals surface area contributed by atoms with Crippen molar-refractivity contribution in [3.63, 3.8) is 0 Å². The number of benzene rings is 1. The van der Waals surface area contributed by atoms with Crippen LogP contribution < -0.4 is 10.1 Å². The first-order valence-corrected chi connectivity index (χ1v) is 8.58. The van der Waals surface area contributed by atoms with E-state index in [1.165, 1.54) is 0 Å². The fraction of sp³-hybridized carbons (Fsp3) is 0.500. The molecule has 1 aliphatic heterocycles. The number of nitrogens with zero attached hydrogens (tertiary/aromatic N) is 1. The second kappa shape index (κ2) is 7.02. The molecule has 1 heterocycles. The molecule has 1 aromatic carbocycles. The fourth-order valence-corrected chi connectivity index (χ4v) is 3.97. The number of sulfone groups is 1. The van der Waals surface area contributed by atoms with Crippen LogP contribution in [0.1, 0.15) is 5.56 Å². The highest BCUT2D eigenvalue weighted by Crippen LogP contribution is 2.12. The van der Waals surface area contributed by atoms with Crippen LogP contribution in [0.3, 0.4) is 0 Å². The van der Waals surface area contributed by atoms with E-state index in [2.05, 4.69) is 10.3 Å². The van der Waals surface area contributed by atoms with Crippen molar-refractivity contribution in [1.82, 2.24) is 5.32 Å². The third kappa shape index (κ3) is 4.80. The highest BCUT2D eigenvalue weighted by Gasteiger charge is 2.35. The molecule has 0 bridgehead atoms. The first-order chi connectivity index (χ1) is 10.00. The highest BCUT2D eigenvalue weighted by atomic mass is 32.2. The second-order valence-corrected chi connectivity index (χ2v) is 7.17. The van der Waals surface area contributed by atoms with Gasteiger partial charge in [-0.25, -0.2) is 8.42 Å². The number of aliphatic hydroxyl groups is 1. The average molecular weight is 312 g/mol. The van der Waals surface area contributed by atoms with Gasteiger partial charge in [0, 0.05) is 18.8 Å². The highest BCUT2D eigenvalue weighted by molar-refractivity contribution is 7.91. The predicted octanol–water partition coefficient (Wildman–Crippen LogP) is -0.138. The van der Waals surface area contributed by atoms with Crippen LogP contribution in [-0.2, 0) is 9.84 Å². The lowest BCUT2D eigenvalue weighted by Gasteiger charge is -2.13. The lowest BCUT2D eigenvalue weighted by atomic mass is 10.2. The molecule has 2 atom stereocenters. The maximum atomic E-state index is 11.3. The van der Waals surface area contributed by atoms with Crippen LogP contribution in [-0.4, -0.2) is 63.6 Å². The zero-order valence-corrected chi connectivity index (χ0v) is 12.7. The van der Waals surface area contributed by atoms with Gasteiger partial charge >= 0.3 is 0 Å². The van der Waals surface area contributed by atoms with E-state index in [9.17, 15) is 13.5 Å². The normalized spacial score (nSPS) is 24.5. The fourth-order valence-electron chi connectivity index (χ4n) is 2.20. The minimum absolute atomic E-state index is 0.00361. The maximum absolute atomic E-state index is 11.3. The molecule has 1 aliphatic rings. The molecule has 1 fully saturated rings. The Morgan fingerprint density at radius 2 is 2.10 bits per heavy atom. The van der Waals surface area contributed by atoms with Crippen molar-refractivity contribution in [2.24, 2.45) is 4.99 Å². The number of rotatable bonds is 6. The molecule has 0 radical (unpaired) electrons. The summed E-state index contributed by atoms with van der Waals surface area (Å²) in [5, 5.41) is 12.6. The van der Waals surface area contributed by atoms with Gasteiger partial charge in [0.05, 0.1) is 31.3 Å². The summed E-state index contributed by atoms with van der Waals surface area (Å²) in [6, 6.07) is 7.15. The molecule has 0 amide bonds. The SMILES string of the molecule is COc1ccc(C=NCCN[C@@H]2CS(=O)(=O)C[C@H]2O)cc1. The van der Waals surface area contributed by atoms with E-state index in [0.29, 0.717) is 13.1 Å². The molecule has 6 nitrogen and oxygen atoms in total. The Balaban J connectivity index is 1.73. The molecule has 2 N–H and O–H groups in total. The molecule has 1 aromatic rings. The van der Waals surface area contributed by atoms with Gasteiger partial charge in [0.1, 0.15) is 5.75 Å². The number of aliphatic imine (C=N–C) groups is 1. The van der Waals surface area contributed by atoms with Crippen LogP contribution in [0.5, 0.6) is 5.75 Å². The first kappa shape index (κ1) is 15.9. The molecule has 7 heteroatoms. The molecular weight excluding hydrogens is 292 g/mol. The van der Waals surface area contributed by atoms with Crippen molar-refractivity contribution in [3.05, 3.63) is 29.8 Å². The van der Waals surface area contributed by atoms with E-state index in [-0.39, 0.29) is 17.5 Å². The van der Waals surface area contributed by atoms with E-state index in [0.717, 1.165) is 11.3 Å². The van der Waals surface area contributed by atoms with Gasteiger partial charge in [-0.2, -0.15) is 0 Å². The van der Waals surface area contributed by atoms with E-state index in [1.807, 2.05) is 24.3 Å². The number of hydrogen-bond donors (Lipinski definition) is 2. The van der Waals surface area contributed by atoms with Crippen LogP contribution in [0, 0.1) is 0 Å². The van der Waals surface area contributed by atoms with E-state index < -0.39 is 15.9 Å². The number of methoxy groups -OCH3 is 1. The molecule has 2 rings (SSSR count). The zero-order chi connectivity index (χ0) is 15.3. The monoisotopic (exact) mass is 312 g/mol. The molecule has 1 saturated heterocycles. The van der Waals surface area contributed by atoms with Crippen molar-refractivity contribution >= 4 is 16.1 Å². The standard InChI is InChI=1S/C14H20N2O4S/c1-20-12-4-2-11(3-5-12)8-15-6-7-16-13-9-21(18,19)10-14(13)17/h2-5,8,13-14,16-17H,6-7,9-10H2,1H3/t13-,14-/m1/s1. The largest absolute Gasteiger partial charge is 0.497 e. The van der Waals surface area contributed by atoms with E-state index in [4.69, 9.17) is 4.74 Å². The Hall–Kier alpha value is -1.44. The van der Waals surface area contributed by atoms with Crippen LogP contribution in [0.15, 0.2) is 29.3 Å². The van der Waals surface area contributed by atoms with E-state index >= 15 is 0 Å². The summed E-state index contributed by atoms with van der Waals surface area (Å²) in [7, 11) is -1.48. The Kier molecular flexibility index (Phi) is 5.33. The Bertz CT molecular complexity index is 583. The zero-order valence-electron chi connectivity index (χ0n) is 11.9. The summed E-state index contributed by atoms with van der Waals surface area (Å²) < 4.78 is 27.7. The van der Waals surface area contributed by atoms with Gasteiger partial charge in [-0.3, -0.25) is 4.99 Å². The maximum Gasteiger partial charge on any atom is 0.154 e. The van der Waals surface area contributed by atoms with Crippen LogP contribution in [0.2, 0.25) is 0 Å². The van der Waals surface area contributed by atoms with Crippen molar-refractivity contribution in [2.45, 2.75) is 12.1 Å². The van der Waals surface area contributed by atoms with E-state index in [1.54, 1.807) is 13.3 Å². The summed E-state index contributed by atoms with van der Waals surface area (Å²) in [6.45, 7) is 1.05. The van der Waals surface area contributed by atoms with Gasteiger partial charge in [-0.05, 0) is 29.8 Å². The molecule has 0 spiro atoms. The Morgan fingerprint density at radius 1 is 1.38 bits per heavy atom. The van der Waals surface area contributed by atoms with Crippen LogP contribution >= 0.6 is 0 Å². The third-order valence-electron chi connectivity index (χ3n) is 3.33. The summed E-state index contributed by atoms with van der Waals surface area (Å²) in [4.78, 5) is 4.26. The van der Waals surface area contributed by atoms with Crippen molar-refractivity contribution < 1.29 is 18.3 Å². The van der Waals surface area contributed by atoms with Crippen molar-refractivity contribution in [2.75, 3.05) is 31.7 Å². The molecule has 0 aliphatic carbocycles. The quantitative estimate of drug-likeness (QED) is 0.564. The van der Waals surface area contributed by atoms with Gasteiger partial charge < -0.3 is 15.2 Å². The second-order valence-electron chi connectivity index (χ2n) is 5.01. The number of nitrogens with one attached hydrogen (secondary N) is 1. The molecule has 0 unspecified atom stereocenters. The van der Waals surface area contributed by atoms with Crippen molar-refractivity contribution in [3.8, 4) is 5.75 Å².